The third-order valence-electron chi connectivity index (χ3n) is 3.83. The summed E-state index contributed by atoms with van der Waals surface area (Å²) in [7, 11) is -3.68. The number of nitrogens with two attached hydrogens (primary N) is 1. The van der Waals surface area contributed by atoms with E-state index in [-0.39, 0.29) is 18.1 Å². The molecule has 3 atom stereocenters. The van der Waals surface area contributed by atoms with E-state index in [0.29, 0.717) is 19.4 Å². The molecule has 1 unspecified atom stereocenters. The first-order chi connectivity index (χ1) is 10.3. The van der Waals surface area contributed by atoms with Crippen LogP contribution in [0.3, 0.4) is 0 Å². The molecular formula is C16H25NO4S. The molecule has 0 saturated carbocycles. The van der Waals surface area contributed by atoms with Gasteiger partial charge in [0.25, 0.3) is 0 Å². The first-order valence-electron chi connectivity index (χ1n) is 7.45. The van der Waals surface area contributed by atoms with Gasteiger partial charge in [-0.3, -0.25) is 4.79 Å². The van der Waals surface area contributed by atoms with E-state index in [2.05, 4.69) is 0 Å². The first kappa shape index (κ1) is 18.8. The lowest BCUT2D eigenvalue weighted by Crippen LogP contribution is -2.38. The average molecular weight is 327 g/mol. The number of ketones is 1. The van der Waals surface area contributed by atoms with Crippen molar-refractivity contribution in [1.29, 1.82) is 0 Å². The molecule has 22 heavy (non-hydrogen) atoms. The van der Waals surface area contributed by atoms with Crippen molar-refractivity contribution < 1.29 is 18.3 Å². The maximum atomic E-state index is 12.7. The van der Waals surface area contributed by atoms with Gasteiger partial charge in [0.2, 0.25) is 0 Å². The highest BCUT2D eigenvalue weighted by Gasteiger charge is 2.35. The van der Waals surface area contributed by atoms with E-state index in [4.69, 9.17) is 5.73 Å². The highest BCUT2D eigenvalue weighted by Crippen LogP contribution is 2.23. The SMILES string of the molecule is CC[C@@H](C(=O)[C@H](CCN)Cc1ccccc1)C(O)S(C)(=O)=O. The Balaban J connectivity index is 2.96. The number of benzene rings is 1. The second-order valence-electron chi connectivity index (χ2n) is 5.60. The Kier molecular flexibility index (Phi) is 7.19. The van der Waals surface area contributed by atoms with E-state index in [0.717, 1.165) is 11.8 Å². The molecular weight excluding hydrogens is 302 g/mol. The molecule has 0 aliphatic heterocycles. The van der Waals surface area contributed by atoms with Crippen LogP contribution in [0.1, 0.15) is 25.3 Å². The van der Waals surface area contributed by atoms with Gasteiger partial charge in [0.1, 0.15) is 5.78 Å². The van der Waals surface area contributed by atoms with Crippen LogP contribution in [0.2, 0.25) is 0 Å². The highest BCUT2D eigenvalue weighted by molar-refractivity contribution is 7.91. The molecule has 0 aliphatic carbocycles. The number of hydrogen-bond acceptors (Lipinski definition) is 5. The van der Waals surface area contributed by atoms with Crippen LogP contribution in [0, 0.1) is 11.8 Å². The number of hydrogen-bond donors (Lipinski definition) is 2. The first-order valence-corrected chi connectivity index (χ1v) is 9.41. The van der Waals surface area contributed by atoms with E-state index in [1.807, 2.05) is 30.3 Å². The van der Waals surface area contributed by atoms with Crippen molar-refractivity contribution in [2.75, 3.05) is 12.8 Å². The molecule has 3 N–H and O–H groups in total. The van der Waals surface area contributed by atoms with Crippen LogP contribution in [0.5, 0.6) is 0 Å². The Morgan fingerprint density at radius 2 is 1.86 bits per heavy atom. The lowest BCUT2D eigenvalue weighted by atomic mass is 9.85. The average Bonchev–Trinajstić information content (AvgIpc) is 2.47. The fourth-order valence-corrected chi connectivity index (χ4v) is 3.51. The standard InChI is InChI=1S/C16H25NO4S/c1-3-14(16(19)22(2,20)21)15(18)13(9-10-17)11-12-7-5-4-6-8-12/h4-8,13-14,16,19H,3,9-11,17H2,1-2H3/t13-,14+,16?/m1/s1. The number of carbonyl (C=O) groups excluding carboxylic acids is 1. The maximum Gasteiger partial charge on any atom is 0.174 e. The number of carbonyl (C=O) groups is 1. The largest absolute Gasteiger partial charge is 0.376 e. The quantitative estimate of drug-likeness (QED) is 0.709. The van der Waals surface area contributed by atoms with Crippen molar-refractivity contribution in [2.24, 2.45) is 17.6 Å². The normalized spacial score (nSPS) is 16.0. The van der Waals surface area contributed by atoms with Gasteiger partial charge in [-0.1, -0.05) is 37.3 Å². The smallest absolute Gasteiger partial charge is 0.174 e. The van der Waals surface area contributed by atoms with E-state index < -0.39 is 21.2 Å². The second-order valence-corrected chi connectivity index (χ2v) is 7.74. The van der Waals surface area contributed by atoms with Crippen LogP contribution >= 0.6 is 0 Å². The summed E-state index contributed by atoms with van der Waals surface area (Å²) in [5.74, 6) is -1.52. The third kappa shape index (κ3) is 5.19. The van der Waals surface area contributed by atoms with Crippen molar-refractivity contribution in [3.63, 3.8) is 0 Å². The molecule has 0 spiro atoms. The summed E-state index contributed by atoms with van der Waals surface area (Å²) in [5, 5.41) is 9.96. The van der Waals surface area contributed by atoms with Crippen LogP contribution in [0.15, 0.2) is 30.3 Å². The zero-order valence-electron chi connectivity index (χ0n) is 13.1. The van der Waals surface area contributed by atoms with E-state index in [1.165, 1.54) is 0 Å². The molecule has 1 aromatic rings. The molecule has 0 amide bonds. The number of aliphatic hydroxyl groups excluding tert-OH is 1. The highest BCUT2D eigenvalue weighted by atomic mass is 32.2. The van der Waals surface area contributed by atoms with Gasteiger partial charge in [-0.15, -0.1) is 0 Å². The van der Waals surface area contributed by atoms with Crippen molar-refractivity contribution in [1.82, 2.24) is 0 Å². The van der Waals surface area contributed by atoms with Crippen LogP contribution in [-0.2, 0) is 21.1 Å². The van der Waals surface area contributed by atoms with Gasteiger partial charge >= 0.3 is 0 Å². The zero-order valence-corrected chi connectivity index (χ0v) is 13.9. The van der Waals surface area contributed by atoms with Crippen molar-refractivity contribution >= 4 is 15.6 Å². The van der Waals surface area contributed by atoms with Gasteiger partial charge < -0.3 is 10.8 Å². The van der Waals surface area contributed by atoms with Crippen LogP contribution in [0.4, 0.5) is 0 Å². The second kappa shape index (κ2) is 8.41. The van der Waals surface area contributed by atoms with E-state index in [9.17, 15) is 18.3 Å². The molecule has 124 valence electrons. The Labute approximate surface area is 132 Å². The van der Waals surface area contributed by atoms with Crippen molar-refractivity contribution in [3.05, 3.63) is 35.9 Å². The minimum Gasteiger partial charge on any atom is -0.376 e. The number of aliphatic hydroxyl groups is 1. The minimum absolute atomic E-state index is 0.227. The molecule has 0 bridgehead atoms. The Morgan fingerprint density at radius 1 is 1.27 bits per heavy atom. The monoisotopic (exact) mass is 327 g/mol. The van der Waals surface area contributed by atoms with Gasteiger partial charge in [0, 0.05) is 12.2 Å². The summed E-state index contributed by atoms with van der Waals surface area (Å²) >= 11 is 0. The van der Waals surface area contributed by atoms with Crippen molar-refractivity contribution in [2.45, 2.75) is 31.6 Å². The minimum atomic E-state index is -3.68. The molecule has 0 fully saturated rings. The summed E-state index contributed by atoms with van der Waals surface area (Å²) in [5.41, 5.74) is 4.94. The summed E-state index contributed by atoms with van der Waals surface area (Å²) in [4.78, 5) is 12.7. The van der Waals surface area contributed by atoms with E-state index >= 15 is 0 Å². The molecule has 0 heterocycles. The molecule has 0 aliphatic rings. The van der Waals surface area contributed by atoms with E-state index in [1.54, 1.807) is 6.92 Å². The van der Waals surface area contributed by atoms with Crippen molar-refractivity contribution in [3.8, 4) is 0 Å². The van der Waals surface area contributed by atoms with Crippen LogP contribution in [-0.4, -0.2) is 37.5 Å². The molecule has 0 aromatic heterocycles. The molecule has 1 aromatic carbocycles. The lowest BCUT2D eigenvalue weighted by molar-refractivity contribution is -0.129. The van der Waals surface area contributed by atoms with Crippen LogP contribution < -0.4 is 5.73 Å². The summed E-state index contributed by atoms with van der Waals surface area (Å²) in [6.45, 7) is 2.05. The predicted octanol–water partition coefficient (Wildman–Crippen LogP) is 1.15. The maximum absolute atomic E-state index is 12.7. The van der Waals surface area contributed by atoms with Gasteiger partial charge in [0.15, 0.2) is 15.3 Å². The molecule has 5 nitrogen and oxygen atoms in total. The lowest BCUT2D eigenvalue weighted by Gasteiger charge is -2.24. The molecule has 1 rings (SSSR count). The third-order valence-corrected chi connectivity index (χ3v) is 5.04. The van der Waals surface area contributed by atoms with Gasteiger partial charge in [-0.2, -0.15) is 0 Å². The van der Waals surface area contributed by atoms with Gasteiger partial charge in [-0.05, 0) is 31.4 Å². The molecule has 0 saturated heterocycles. The molecule has 6 heteroatoms. The zero-order chi connectivity index (χ0) is 16.8. The van der Waals surface area contributed by atoms with Gasteiger partial charge in [-0.25, -0.2) is 8.42 Å². The van der Waals surface area contributed by atoms with Crippen LogP contribution in [0.25, 0.3) is 0 Å². The Bertz CT molecular complexity index is 571. The predicted molar refractivity (Wildman–Crippen MR) is 86.9 cm³/mol. The summed E-state index contributed by atoms with van der Waals surface area (Å²) in [6.07, 6.45) is 2.20. The fraction of sp³-hybridized carbons (Fsp3) is 0.562. The topological polar surface area (TPSA) is 97.5 Å². The Hall–Kier alpha value is -1.24. The number of rotatable bonds is 9. The number of Topliss-reactive ketones (excluding diaryl/α,β-unsaturated/α-hetero) is 1. The summed E-state index contributed by atoms with van der Waals surface area (Å²) in [6, 6.07) is 9.52. The Morgan fingerprint density at radius 3 is 2.32 bits per heavy atom. The summed E-state index contributed by atoms with van der Waals surface area (Å²) < 4.78 is 23.1. The van der Waals surface area contributed by atoms with Gasteiger partial charge in [0.05, 0.1) is 5.92 Å². The molecule has 0 radical (unpaired) electrons. The fourth-order valence-electron chi connectivity index (χ4n) is 2.59. The number of sulfone groups is 1.